The van der Waals surface area contributed by atoms with Crippen molar-refractivity contribution in [3.63, 3.8) is 0 Å². The lowest BCUT2D eigenvalue weighted by Crippen LogP contribution is -2.37. The minimum absolute atomic E-state index is 0.0277. The molecule has 0 saturated carbocycles. The van der Waals surface area contributed by atoms with Crippen molar-refractivity contribution in [2.24, 2.45) is 0 Å². The molecule has 0 bridgehead atoms. The SMILES string of the molecule is Cc1ncc([C@H](CCO)N(O)C(=O)OC(C)(C)C)cc1F. The van der Waals surface area contributed by atoms with Crippen LogP contribution in [0.3, 0.4) is 0 Å². The highest BCUT2D eigenvalue weighted by Gasteiger charge is 2.28. The van der Waals surface area contributed by atoms with Crippen LogP contribution >= 0.6 is 0 Å². The number of aromatic nitrogens is 1. The molecule has 1 rings (SSSR count). The van der Waals surface area contributed by atoms with Crippen molar-refractivity contribution in [1.29, 1.82) is 0 Å². The summed E-state index contributed by atoms with van der Waals surface area (Å²) in [5.74, 6) is -0.548. The Morgan fingerprint density at radius 2 is 2.14 bits per heavy atom. The van der Waals surface area contributed by atoms with Crippen molar-refractivity contribution in [2.45, 2.75) is 45.8 Å². The second kappa shape index (κ2) is 6.82. The molecule has 6 nitrogen and oxygen atoms in total. The summed E-state index contributed by atoms with van der Waals surface area (Å²) >= 11 is 0. The van der Waals surface area contributed by atoms with Crippen LogP contribution in [0.4, 0.5) is 9.18 Å². The first-order valence-corrected chi connectivity index (χ1v) is 6.59. The van der Waals surface area contributed by atoms with Crippen molar-refractivity contribution in [3.8, 4) is 0 Å². The molecular weight excluding hydrogens is 279 g/mol. The van der Waals surface area contributed by atoms with Crippen molar-refractivity contribution in [2.75, 3.05) is 6.61 Å². The predicted molar refractivity (Wildman–Crippen MR) is 73.2 cm³/mol. The molecule has 0 aliphatic carbocycles. The number of hydrogen-bond acceptors (Lipinski definition) is 5. The van der Waals surface area contributed by atoms with Gasteiger partial charge < -0.3 is 9.84 Å². The molecule has 0 aliphatic rings. The van der Waals surface area contributed by atoms with Gasteiger partial charge in [0.05, 0.1) is 11.7 Å². The van der Waals surface area contributed by atoms with Gasteiger partial charge in [-0.3, -0.25) is 10.2 Å². The van der Waals surface area contributed by atoms with Crippen LogP contribution in [0.5, 0.6) is 0 Å². The van der Waals surface area contributed by atoms with Gasteiger partial charge in [-0.25, -0.2) is 9.18 Å². The first kappa shape index (κ1) is 17.3. The summed E-state index contributed by atoms with van der Waals surface area (Å²) in [4.78, 5) is 15.7. The third-order valence-electron chi connectivity index (χ3n) is 2.71. The molecule has 7 heteroatoms. The number of halogens is 1. The molecule has 0 radical (unpaired) electrons. The number of amides is 1. The lowest BCUT2D eigenvalue weighted by atomic mass is 10.1. The molecule has 1 aromatic heterocycles. The molecule has 1 amide bonds. The van der Waals surface area contributed by atoms with Gasteiger partial charge in [0.25, 0.3) is 0 Å². The van der Waals surface area contributed by atoms with Crippen LogP contribution in [-0.4, -0.2) is 38.7 Å². The lowest BCUT2D eigenvalue weighted by Gasteiger charge is -2.28. The van der Waals surface area contributed by atoms with Gasteiger partial charge in [0.1, 0.15) is 11.4 Å². The molecule has 0 spiro atoms. The van der Waals surface area contributed by atoms with Gasteiger partial charge in [-0.05, 0) is 45.7 Å². The zero-order valence-corrected chi connectivity index (χ0v) is 12.6. The van der Waals surface area contributed by atoms with Gasteiger partial charge >= 0.3 is 6.09 Å². The van der Waals surface area contributed by atoms with Gasteiger partial charge in [-0.15, -0.1) is 0 Å². The maximum Gasteiger partial charge on any atom is 0.434 e. The van der Waals surface area contributed by atoms with Crippen molar-refractivity contribution >= 4 is 6.09 Å². The van der Waals surface area contributed by atoms with E-state index in [1.54, 1.807) is 20.8 Å². The number of pyridine rings is 1. The van der Waals surface area contributed by atoms with Crippen molar-refractivity contribution < 1.29 is 24.2 Å². The number of carbonyl (C=O) groups excluding carboxylic acids is 1. The summed E-state index contributed by atoms with van der Waals surface area (Å²) < 4.78 is 18.6. The molecule has 1 heterocycles. The number of hydroxylamine groups is 2. The number of ether oxygens (including phenoxy) is 1. The van der Waals surface area contributed by atoms with Gasteiger partial charge in [-0.2, -0.15) is 5.06 Å². The second-order valence-electron chi connectivity index (χ2n) is 5.69. The number of carbonyl (C=O) groups is 1. The Bertz CT molecular complexity index is 502. The number of aryl methyl sites for hydroxylation is 1. The maximum absolute atomic E-state index is 13.6. The van der Waals surface area contributed by atoms with Crippen LogP contribution in [0.15, 0.2) is 12.3 Å². The minimum Gasteiger partial charge on any atom is -0.442 e. The highest BCUT2D eigenvalue weighted by Crippen LogP contribution is 2.25. The zero-order valence-electron chi connectivity index (χ0n) is 12.6. The Balaban J connectivity index is 2.99. The van der Waals surface area contributed by atoms with Crippen molar-refractivity contribution in [1.82, 2.24) is 10.0 Å². The van der Waals surface area contributed by atoms with E-state index >= 15 is 0 Å². The van der Waals surface area contributed by atoms with E-state index in [1.807, 2.05) is 0 Å². The summed E-state index contributed by atoms with van der Waals surface area (Å²) in [5, 5.41) is 19.4. The fraction of sp³-hybridized carbons (Fsp3) is 0.571. The van der Waals surface area contributed by atoms with Gasteiger partial charge in [-0.1, -0.05) is 0 Å². The van der Waals surface area contributed by atoms with Gasteiger partial charge in [0, 0.05) is 12.8 Å². The van der Waals surface area contributed by atoms with E-state index in [1.165, 1.54) is 19.2 Å². The Labute approximate surface area is 123 Å². The monoisotopic (exact) mass is 300 g/mol. The summed E-state index contributed by atoms with van der Waals surface area (Å²) in [7, 11) is 0. The topological polar surface area (TPSA) is 82.9 Å². The molecule has 118 valence electrons. The first-order valence-electron chi connectivity index (χ1n) is 6.59. The number of aliphatic hydroxyl groups is 1. The molecule has 0 aromatic carbocycles. The number of hydrogen-bond donors (Lipinski definition) is 2. The summed E-state index contributed by atoms with van der Waals surface area (Å²) in [6, 6.07) is 0.239. The third-order valence-corrected chi connectivity index (χ3v) is 2.71. The Morgan fingerprint density at radius 3 is 2.62 bits per heavy atom. The van der Waals surface area contributed by atoms with E-state index in [-0.39, 0.29) is 24.3 Å². The predicted octanol–water partition coefficient (Wildman–Crippen LogP) is 2.58. The van der Waals surface area contributed by atoms with Crippen LogP contribution in [0.1, 0.15) is 44.5 Å². The van der Waals surface area contributed by atoms with E-state index in [0.29, 0.717) is 5.06 Å². The average molecular weight is 300 g/mol. The van der Waals surface area contributed by atoms with Crippen LogP contribution < -0.4 is 0 Å². The maximum atomic E-state index is 13.6. The van der Waals surface area contributed by atoms with Gasteiger partial charge in [0.2, 0.25) is 0 Å². The second-order valence-corrected chi connectivity index (χ2v) is 5.69. The quantitative estimate of drug-likeness (QED) is 0.659. The first-order chi connectivity index (χ1) is 9.65. The van der Waals surface area contributed by atoms with E-state index in [0.717, 1.165) is 0 Å². The largest absolute Gasteiger partial charge is 0.442 e. The molecule has 0 fully saturated rings. The molecule has 21 heavy (non-hydrogen) atoms. The Kier molecular flexibility index (Phi) is 5.62. The third kappa shape index (κ3) is 4.95. The van der Waals surface area contributed by atoms with E-state index in [4.69, 9.17) is 9.84 Å². The Hall–Kier alpha value is -1.73. The molecule has 0 aliphatic heterocycles. The van der Waals surface area contributed by atoms with E-state index in [2.05, 4.69) is 4.98 Å². The smallest absolute Gasteiger partial charge is 0.434 e. The summed E-state index contributed by atoms with van der Waals surface area (Å²) in [5.41, 5.74) is -0.290. The number of aliphatic hydroxyl groups excluding tert-OH is 1. The average Bonchev–Trinajstić information content (AvgIpc) is 2.36. The molecule has 0 unspecified atom stereocenters. The van der Waals surface area contributed by atoms with E-state index in [9.17, 15) is 14.4 Å². The highest BCUT2D eigenvalue weighted by molar-refractivity contribution is 5.67. The van der Waals surface area contributed by atoms with E-state index < -0.39 is 23.6 Å². The van der Waals surface area contributed by atoms with Gasteiger partial charge in [0.15, 0.2) is 0 Å². The molecule has 1 atom stereocenters. The van der Waals surface area contributed by atoms with Crippen LogP contribution in [0, 0.1) is 12.7 Å². The molecular formula is C14H21FN2O4. The summed E-state index contributed by atoms with van der Waals surface area (Å²) in [6.07, 6.45) is 0.411. The van der Waals surface area contributed by atoms with Crippen LogP contribution in [0.2, 0.25) is 0 Å². The lowest BCUT2D eigenvalue weighted by molar-refractivity contribution is -0.125. The highest BCUT2D eigenvalue weighted by atomic mass is 19.1. The van der Waals surface area contributed by atoms with Crippen LogP contribution in [-0.2, 0) is 4.74 Å². The molecule has 2 N–H and O–H groups in total. The number of rotatable bonds is 4. The normalized spacial score (nSPS) is 12.9. The molecule has 1 aromatic rings. The zero-order chi connectivity index (χ0) is 16.2. The Morgan fingerprint density at radius 1 is 1.52 bits per heavy atom. The minimum atomic E-state index is -0.970. The summed E-state index contributed by atoms with van der Waals surface area (Å²) in [6.45, 7) is 6.19. The fourth-order valence-corrected chi connectivity index (χ4v) is 1.69. The standard InChI is InChI=1S/C14H21FN2O4/c1-9-11(15)7-10(8-16-9)12(5-6-18)17(20)13(19)21-14(2,3)4/h7-8,12,18,20H,5-6H2,1-4H3/t12-/m0/s1. The fourth-order valence-electron chi connectivity index (χ4n) is 1.69. The van der Waals surface area contributed by atoms with Crippen molar-refractivity contribution in [3.05, 3.63) is 29.3 Å². The number of nitrogens with zero attached hydrogens (tertiary/aromatic N) is 2. The molecule has 0 saturated heterocycles. The van der Waals surface area contributed by atoms with Crippen LogP contribution in [0.25, 0.3) is 0 Å².